The third-order valence-electron chi connectivity index (χ3n) is 7.29. The molecule has 0 amide bonds. The van der Waals surface area contributed by atoms with Crippen LogP contribution in [-0.2, 0) is 16.1 Å². The summed E-state index contributed by atoms with van der Waals surface area (Å²) in [6.07, 6.45) is 20.5. The summed E-state index contributed by atoms with van der Waals surface area (Å²) in [5, 5.41) is 0. The van der Waals surface area contributed by atoms with Gasteiger partial charge in [0.25, 0.3) is 0 Å². The molecule has 1 unspecified atom stereocenters. The lowest BCUT2D eigenvalue weighted by Gasteiger charge is -2.14. The molecule has 202 valence electrons. The summed E-state index contributed by atoms with van der Waals surface area (Å²) in [6, 6.07) is 14.6. The van der Waals surface area contributed by atoms with Gasteiger partial charge in [0, 0.05) is 6.42 Å². The summed E-state index contributed by atoms with van der Waals surface area (Å²) in [6.45, 7) is 6.92. The van der Waals surface area contributed by atoms with Crippen molar-refractivity contribution < 1.29 is 9.53 Å². The fourth-order valence-electron chi connectivity index (χ4n) is 4.82. The van der Waals surface area contributed by atoms with Crippen LogP contribution in [0, 0.1) is 13.8 Å². The zero-order valence-electron chi connectivity index (χ0n) is 23.6. The van der Waals surface area contributed by atoms with E-state index in [0.717, 1.165) is 24.0 Å². The Morgan fingerprint density at radius 2 is 1.14 bits per heavy atom. The monoisotopic (exact) mass is 512 g/mol. The molecule has 0 saturated carbocycles. The number of hydrogen-bond acceptors (Lipinski definition) is 2. The highest BCUT2D eigenvalue weighted by atomic mass is 31.0. The van der Waals surface area contributed by atoms with Crippen molar-refractivity contribution in [2.75, 3.05) is 0 Å². The summed E-state index contributed by atoms with van der Waals surface area (Å²) in [4.78, 5) is 12.3. The maximum Gasteiger partial charge on any atom is 0.306 e. The van der Waals surface area contributed by atoms with E-state index in [-0.39, 0.29) is 15.9 Å². The number of benzene rings is 2. The number of carbonyl (C=O) groups excluding carboxylic acids is 1. The molecule has 0 aliphatic carbocycles. The van der Waals surface area contributed by atoms with Gasteiger partial charge in [-0.15, -0.1) is 0 Å². The van der Waals surface area contributed by atoms with Crippen molar-refractivity contribution >= 4 is 15.9 Å². The molecule has 2 aromatic carbocycles. The first kappa shape index (κ1) is 32.4. The second-order valence-electron chi connectivity index (χ2n) is 10.3. The molecular formula is C33H53O2P. The maximum absolute atomic E-state index is 12.3. The number of unbranched alkanes of at least 4 members (excludes halogenated alkanes) is 14. The topological polar surface area (TPSA) is 26.3 Å². The van der Waals surface area contributed by atoms with Gasteiger partial charge in [0.05, 0.1) is 0 Å². The predicted octanol–water partition coefficient (Wildman–Crippen LogP) is 10.3. The lowest BCUT2D eigenvalue weighted by atomic mass is 9.94. The van der Waals surface area contributed by atoms with E-state index in [0.29, 0.717) is 13.0 Å². The summed E-state index contributed by atoms with van der Waals surface area (Å²) in [7, 11) is 0. The van der Waals surface area contributed by atoms with Crippen LogP contribution in [0.5, 0.6) is 0 Å². The normalized spacial score (nSPS) is 10.8. The molecule has 2 nitrogen and oxygen atoms in total. The first-order chi connectivity index (χ1) is 17.1. The van der Waals surface area contributed by atoms with Crippen LogP contribution in [0.2, 0.25) is 0 Å². The third-order valence-corrected chi connectivity index (χ3v) is 7.29. The highest BCUT2D eigenvalue weighted by Gasteiger charge is 2.10. The molecule has 0 fully saturated rings. The smallest absolute Gasteiger partial charge is 0.306 e. The van der Waals surface area contributed by atoms with Gasteiger partial charge in [-0.3, -0.25) is 4.79 Å². The number of rotatable bonds is 19. The van der Waals surface area contributed by atoms with E-state index in [4.69, 9.17) is 4.74 Å². The quantitative estimate of drug-likeness (QED) is 0.106. The molecule has 0 spiro atoms. The van der Waals surface area contributed by atoms with Crippen LogP contribution in [0.15, 0.2) is 42.5 Å². The largest absolute Gasteiger partial charge is 0.461 e. The minimum absolute atomic E-state index is 0. The molecule has 36 heavy (non-hydrogen) atoms. The van der Waals surface area contributed by atoms with Crippen LogP contribution in [0.1, 0.15) is 126 Å². The van der Waals surface area contributed by atoms with Crippen LogP contribution in [0.25, 0.3) is 11.1 Å². The predicted molar refractivity (Wildman–Crippen MR) is 162 cm³/mol. The Morgan fingerprint density at radius 1 is 0.639 bits per heavy atom. The molecule has 0 radical (unpaired) electrons. The lowest BCUT2D eigenvalue weighted by molar-refractivity contribution is -0.145. The summed E-state index contributed by atoms with van der Waals surface area (Å²) in [5.41, 5.74) is 6.02. The Balaban J connectivity index is 0.00000648. The van der Waals surface area contributed by atoms with Crippen molar-refractivity contribution in [1.29, 1.82) is 0 Å². The van der Waals surface area contributed by atoms with Crippen molar-refractivity contribution in [3.05, 3.63) is 59.2 Å². The minimum atomic E-state index is -0.0736. The molecule has 0 bridgehead atoms. The van der Waals surface area contributed by atoms with E-state index in [2.05, 4.69) is 57.2 Å². The number of ether oxygens (including phenoxy) is 1. The third kappa shape index (κ3) is 13.0. The average molecular weight is 513 g/mol. The zero-order valence-corrected chi connectivity index (χ0v) is 25.0. The maximum atomic E-state index is 12.3. The zero-order chi connectivity index (χ0) is 25.1. The minimum Gasteiger partial charge on any atom is -0.461 e. The Hall–Kier alpha value is -1.66. The number of esters is 1. The van der Waals surface area contributed by atoms with E-state index in [1.807, 2.05) is 6.07 Å². The van der Waals surface area contributed by atoms with Gasteiger partial charge in [-0.25, -0.2) is 0 Å². The van der Waals surface area contributed by atoms with Crippen LogP contribution >= 0.6 is 9.90 Å². The van der Waals surface area contributed by atoms with Crippen LogP contribution in [0.3, 0.4) is 0 Å². The van der Waals surface area contributed by atoms with E-state index in [1.165, 1.54) is 100 Å². The second kappa shape index (κ2) is 20.4. The number of aryl methyl sites for hydroxylation is 1. The summed E-state index contributed by atoms with van der Waals surface area (Å²) in [5.74, 6) is -0.0736. The van der Waals surface area contributed by atoms with Gasteiger partial charge < -0.3 is 4.74 Å². The van der Waals surface area contributed by atoms with Gasteiger partial charge in [0.2, 0.25) is 0 Å². The lowest BCUT2D eigenvalue weighted by Crippen LogP contribution is -2.05. The molecule has 1 atom stereocenters. The number of hydrogen-bond donors (Lipinski definition) is 0. The standard InChI is InChI=1S/C33H50O2.H3P/c1-4-5-6-7-8-9-10-11-12-13-14-15-16-17-18-26-33(34)35-27-30-23-19-20-24-32(30)31-25-21-22-28(2)29(31)3;/h19-25H,4-18,26-27H2,1-3H3;1H3. The highest BCUT2D eigenvalue weighted by molar-refractivity contribution is 6.92. The van der Waals surface area contributed by atoms with Crippen molar-refractivity contribution in [3.63, 3.8) is 0 Å². The second-order valence-corrected chi connectivity index (χ2v) is 10.3. The van der Waals surface area contributed by atoms with Gasteiger partial charge in [-0.2, -0.15) is 9.90 Å². The van der Waals surface area contributed by atoms with Crippen LogP contribution in [-0.4, -0.2) is 5.97 Å². The van der Waals surface area contributed by atoms with Crippen molar-refractivity contribution in [2.24, 2.45) is 0 Å². The molecule has 0 saturated heterocycles. The Bertz CT molecular complexity index is 845. The molecule has 0 N–H and O–H groups in total. The van der Waals surface area contributed by atoms with E-state index in [9.17, 15) is 4.79 Å². The van der Waals surface area contributed by atoms with Crippen molar-refractivity contribution in [1.82, 2.24) is 0 Å². The first-order valence-corrected chi connectivity index (χ1v) is 14.4. The molecule has 2 rings (SSSR count). The average Bonchev–Trinajstić information content (AvgIpc) is 2.87. The van der Waals surface area contributed by atoms with Crippen LogP contribution in [0.4, 0.5) is 0 Å². The fraction of sp³-hybridized carbons (Fsp3) is 0.606. The summed E-state index contributed by atoms with van der Waals surface area (Å²) < 4.78 is 5.64. The Labute approximate surface area is 225 Å². The first-order valence-electron chi connectivity index (χ1n) is 14.4. The summed E-state index contributed by atoms with van der Waals surface area (Å²) >= 11 is 0. The van der Waals surface area contributed by atoms with Gasteiger partial charge in [0.15, 0.2) is 0 Å². The molecule has 0 aliphatic rings. The van der Waals surface area contributed by atoms with E-state index >= 15 is 0 Å². The van der Waals surface area contributed by atoms with Crippen molar-refractivity contribution in [3.8, 4) is 11.1 Å². The molecular weight excluding hydrogens is 459 g/mol. The molecule has 0 aromatic heterocycles. The van der Waals surface area contributed by atoms with Gasteiger partial charge >= 0.3 is 5.97 Å². The molecule has 3 heteroatoms. The SMILES string of the molecule is CCCCCCCCCCCCCCCCCC(=O)OCc1ccccc1-c1cccc(C)c1C.P. The van der Waals surface area contributed by atoms with Gasteiger partial charge in [0.1, 0.15) is 6.61 Å². The molecule has 0 heterocycles. The fourth-order valence-corrected chi connectivity index (χ4v) is 4.82. The van der Waals surface area contributed by atoms with Crippen LogP contribution < -0.4 is 0 Å². The Morgan fingerprint density at radius 3 is 1.72 bits per heavy atom. The number of carbonyl (C=O) groups is 1. The van der Waals surface area contributed by atoms with Gasteiger partial charge in [-0.1, -0.05) is 139 Å². The van der Waals surface area contributed by atoms with E-state index < -0.39 is 0 Å². The van der Waals surface area contributed by atoms with Gasteiger partial charge in [-0.05, 0) is 48.1 Å². The highest BCUT2D eigenvalue weighted by Crippen LogP contribution is 2.29. The molecule has 0 aliphatic heterocycles. The van der Waals surface area contributed by atoms with E-state index in [1.54, 1.807) is 0 Å². The Kier molecular flexibility index (Phi) is 18.3. The molecule has 2 aromatic rings. The van der Waals surface area contributed by atoms with Crippen molar-refractivity contribution in [2.45, 2.75) is 130 Å².